The van der Waals surface area contributed by atoms with Gasteiger partial charge in [-0.3, -0.25) is 4.79 Å². The fourth-order valence-corrected chi connectivity index (χ4v) is 3.77. The number of aromatic nitrogens is 2. The second kappa shape index (κ2) is 8.03. The van der Waals surface area contributed by atoms with Crippen molar-refractivity contribution < 1.29 is 9.90 Å². The predicted octanol–water partition coefficient (Wildman–Crippen LogP) is 3.06. The molecule has 0 aliphatic heterocycles. The summed E-state index contributed by atoms with van der Waals surface area (Å²) in [7, 11) is 0. The lowest BCUT2D eigenvalue weighted by Gasteiger charge is -2.26. The highest BCUT2D eigenvalue weighted by Crippen LogP contribution is 2.24. The molecule has 2 aromatic rings. The van der Waals surface area contributed by atoms with Gasteiger partial charge in [0.05, 0.1) is 22.9 Å². The minimum absolute atomic E-state index is 0.00613. The van der Waals surface area contributed by atoms with E-state index in [1.165, 1.54) is 11.8 Å². The number of carbonyl (C=O) groups excluding carboxylic acids is 1. The zero-order valence-electron chi connectivity index (χ0n) is 14.9. The average molecular weight is 350 g/mol. The van der Waals surface area contributed by atoms with Crippen molar-refractivity contribution in [2.45, 2.75) is 51.9 Å². The number of para-hydroxylation sites is 2. The van der Waals surface area contributed by atoms with Crippen LogP contribution in [0.3, 0.4) is 0 Å². The standard InChI is InChI=1S/C18H27N3O2S/c1-5-21-15-9-7-6-8-14(15)20-17(21)24-11-16(23)19-12-18(3,4)10-13(2)22/h6-9,13,22H,5,10-12H2,1-4H3,(H,19,23). The van der Waals surface area contributed by atoms with E-state index in [-0.39, 0.29) is 17.4 Å². The lowest BCUT2D eigenvalue weighted by atomic mass is 9.87. The quantitative estimate of drug-likeness (QED) is 0.719. The smallest absolute Gasteiger partial charge is 0.230 e. The molecule has 0 bridgehead atoms. The summed E-state index contributed by atoms with van der Waals surface area (Å²) in [4.78, 5) is 16.7. The number of aryl methyl sites for hydroxylation is 1. The van der Waals surface area contributed by atoms with Crippen molar-refractivity contribution in [2.24, 2.45) is 5.41 Å². The summed E-state index contributed by atoms with van der Waals surface area (Å²) in [5, 5.41) is 13.3. The van der Waals surface area contributed by atoms with Gasteiger partial charge >= 0.3 is 0 Å². The highest BCUT2D eigenvalue weighted by molar-refractivity contribution is 7.99. The lowest BCUT2D eigenvalue weighted by molar-refractivity contribution is -0.119. The van der Waals surface area contributed by atoms with Crippen LogP contribution in [0.25, 0.3) is 11.0 Å². The van der Waals surface area contributed by atoms with Gasteiger partial charge in [0.2, 0.25) is 5.91 Å². The Balaban J connectivity index is 1.92. The zero-order chi connectivity index (χ0) is 17.7. The first-order chi connectivity index (χ1) is 11.3. The molecule has 1 heterocycles. The van der Waals surface area contributed by atoms with E-state index in [0.29, 0.717) is 18.7 Å². The molecule has 2 rings (SSSR count). The monoisotopic (exact) mass is 349 g/mol. The number of thioether (sulfide) groups is 1. The molecule has 0 saturated heterocycles. The predicted molar refractivity (Wildman–Crippen MR) is 99.2 cm³/mol. The van der Waals surface area contributed by atoms with Crippen molar-refractivity contribution in [2.75, 3.05) is 12.3 Å². The first kappa shape index (κ1) is 18.8. The molecule has 1 aromatic heterocycles. The van der Waals surface area contributed by atoms with Gasteiger partial charge in [-0.2, -0.15) is 0 Å². The summed E-state index contributed by atoms with van der Waals surface area (Å²) >= 11 is 1.46. The summed E-state index contributed by atoms with van der Waals surface area (Å²) < 4.78 is 2.13. The van der Waals surface area contributed by atoms with Crippen molar-refractivity contribution in [1.82, 2.24) is 14.9 Å². The molecule has 132 valence electrons. The number of benzene rings is 1. The minimum atomic E-state index is -0.365. The molecule has 1 aromatic carbocycles. The number of nitrogens with one attached hydrogen (secondary N) is 1. The van der Waals surface area contributed by atoms with E-state index < -0.39 is 0 Å². The number of aliphatic hydroxyl groups excluding tert-OH is 1. The van der Waals surface area contributed by atoms with E-state index in [1.807, 2.05) is 32.0 Å². The van der Waals surface area contributed by atoms with Gasteiger partial charge in [-0.15, -0.1) is 0 Å². The van der Waals surface area contributed by atoms with Crippen LogP contribution < -0.4 is 5.32 Å². The van der Waals surface area contributed by atoms with Crippen LogP contribution >= 0.6 is 11.8 Å². The summed E-state index contributed by atoms with van der Waals surface area (Å²) in [6.45, 7) is 9.33. The van der Waals surface area contributed by atoms with E-state index in [2.05, 4.69) is 27.9 Å². The summed E-state index contributed by atoms with van der Waals surface area (Å²) in [6, 6.07) is 8.01. The Morgan fingerprint density at radius 3 is 2.79 bits per heavy atom. The number of nitrogens with zero attached hydrogens (tertiary/aromatic N) is 2. The fourth-order valence-electron chi connectivity index (χ4n) is 2.86. The number of carbonyl (C=O) groups is 1. The van der Waals surface area contributed by atoms with Crippen molar-refractivity contribution in [3.8, 4) is 0 Å². The molecule has 0 radical (unpaired) electrons. The number of hydrogen-bond donors (Lipinski definition) is 2. The molecule has 5 nitrogen and oxygen atoms in total. The topological polar surface area (TPSA) is 67.2 Å². The van der Waals surface area contributed by atoms with Crippen LogP contribution in [0, 0.1) is 5.41 Å². The molecule has 6 heteroatoms. The third-order valence-electron chi connectivity index (χ3n) is 3.88. The molecule has 2 N–H and O–H groups in total. The maximum Gasteiger partial charge on any atom is 0.230 e. The molecular formula is C18H27N3O2S. The Morgan fingerprint density at radius 2 is 2.12 bits per heavy atom. The molecule has 0 saturated carbocycles. The van der Waals surface area contributed by atoms with Crippen LogP contribution in [-0.4, -0.2) is 39.0 Å². The molecule has 0 fully saturated rings. The van der Waals surface area contributed by atoms with Crippen LogP contribution in [-0.2, 0) is 11.3 Å². The van der Waals surface area contributed by atoms with Crippen LogP contribution in [0.5, 0.6) is 0 Å². The Hall–Kier alpha value is -1.53. The second-order valence-electron chi connectivity index (χ2n) is 6.91. The maximum absolute atomic E-state index is 12.1. The van der Waals surface area contributed by atoms with Crippen LogP contribution in [0.1, 0.15) is 34.1 Å². The number of aliphatic hydroxyl groups is 1. The Kier molecular flexibility index (Phi) is 6.29. The third kappa shape index (κ3) is 4.98. The van der Waals surface area contributed by atoms with E-state index in [4.69, 9.17) is 0 Å². The lowest BCUT2D eigenvalue weighted by Crippen LogP contribution is -2.36. The zero-order valence-corrected chi connectivity index (χ0v) is 15.7. The highest BCUT2D eigenvalue weighted by atomic mass is 32.2. The highest BCUT2D eigenvalue weighted by Gasteiger charge is 2.21. The van der Waals surface area contributed by atoms with E-state index >= 15 is 0 Å². The van der Waals surface area contributed by atoms with Crippen LogP contribution in [0.2, 0.25) is 0 Å². The average Bonchev–Trinajstić information content (AvgIpc) is 2.87. The van der Waals surface area contributed by atoms with Gasteiger partial charge < -0.3 is 15.0 Å². The SMILES string of the molecule is CCn1c(SCC(=O)NCC(C)(C)CC(C)O)nc2ccccc21. The molecule has 0 spiro atoms. The van der Waals surface area contributed by atoms with E-state index in [9.17, 15) is 9.90 Å². The third-order valence-corrected chi connectivity index (χ3v) is 4.86. The largest absolute Gasteiger partial charge is 0.393 e. The van der Waals surface area contributed by atoms with Crippen molar-refractivity contribution in [3.63, 3.8) is 0 Å². The molecule has 0 aliphatic carbocycles. The number of imidazole rings is 1. The summed E-state index contributed by atoms with van der Waals surface area (Å²) in [5.41, 5.74) is 1.94. The number of hydrogen-bond acceptors (Lipinski definition) is 4. The molecule has 1 unspecified atom stereocenters. The van der Waals surface area contributed by atoms with Gasteiger partial charge in [-0.25, -0.2) is 4.98 Å². The first-order valence-corrected chi connectivity index (χ1v) is 9.34. The second-order valence-corrected chi connectivity index (χ2v) is 7.85. The van der Waals surface area contributed by atoms with Gasteiger partial charge in [-0.05, 0) is 37.8 Å². The van der Waals surface area contributed by atoms with Crippen molar-refractivity contribution in [1.29, 1.82) is 0 Å². The first-order valence-electron chi connectivity index (χ1n) is 8.35. The van der Waals surface area contributed by atoms with Crippen LogP contribution in [0.15, 0.2) is 29.4 Å². The Morgan fingerprint density at radius 1 is 1.42 bits per heavy atom. The van der Waals surface area contributed by atoms with Crippen LogP contribution in [0.4, 0.5) is 0 Å². The summed E-state index contributed by atoms with van der Waals surface area (Å²) in [6.07, 6.45) is 0.294. The maximum atomic E-state index is 12.1. The number of amides is 1. The number of fused-ring (bicyclic) bond motifs is 1. The van der Waals surface area contributed by atoms with Gasteiger partial charge in [0.25, 0.3) is 0 Å². The van der Waals surface area contributed by atoms with E-state index in [0.717, 1.165) is 22.7 Å². The van der Waals surface area contributed by atoms with E-state index in [1.54, 1.807) is 6.92 Å². The Labute approximate surface area is 147 Å². The molecule has 0 aliphatic rings. The summed E-state index contributed by atoms with van der Waals surface area (Å²) in [5.74, 6) is 0.335. The molecule has 1 amide bonds. The van der Waals surface area contributed by atoms with Gasteiger partial charge in [0.1, 0.15) is 0 Å². The van der Waals surface area contributed by atoms with Gasteiger partial charge in [-0.1, -0.05) is 37.7 Å². The Bertz CT molecular complexity index is 695. The van der Waals surface area contributed by atoms with Gasteiger partial charge in [0, 0.05) is 13.1 Å². The molecule has 1 atom stereocenters. The minimum Gasteiger partial charge on any atom is -0.393 e. The number of rotatable bonds is 8. The fraction of sp³-hybridized carbons (Fsp3) is 0.556. The normalized spacial score (nSPS) is 13.2. The van der Waals surface area contributed by atoms with Gasteiger partial charge in [0.15, 0.2) is 5.16 Å². The van der Waals surface area contributed by atoms with Crippen molar-refractivity contribution in [3.05, 3.63) is 24.3 Å². The van der Waals surface area contributed by atoms with Crippen molar-refractivity contribution >= 4 is 28.7 Å². The molecule has 24 heavy (non-hydrogen) atoms. The molecular weight excluding hydrogens is 322 g/mol.